The predicted molar refractivity (Wildman–Crippen MR) is 157 cm³/mol. The molecule has 2 heterocycles. The fourth-order valence-electron chi connectivity index (χ4n) is 5.50. The van der Waals surface area contributed by atoms with Crippen molar-refractivity contribution in [2.45, 2.75) is 43.9 Å². The summed E-state index contributed by atoms with van der Waals surface area (Å²) in [6.07, 6.45) is 3.18. The van der Waals surface area contributed by atoms with Crippen LogP contribution in [0.25, 0.3) is 0 Å². The van der Waals surface area contributed by atoms with Gasteiger partial charge >= 0.3 is 0 Å². The number of nitrogens with one attached hydrogen (secondary N) is 3. The highest BCUT2D eigenvalue weighted by atomic mass is 35.5. The van der Waals surface area contributed by atoms with E-state index in [0.717, 1.165) is 49.0 Å². The lowest BCUT2D eigenvalue weighted by atomic mass is 9.95. The van der Waals surface area contributed by atoms with Crippen LogP contribution in [0.15, 0.2) is 72.8 Å². The van der Waals surface area contributed by atoms with Gasteiger partial charge in [0, 0.05) is 41.8 Å². The van der Waals surface area contributed by atoms with Crippen LogP contribution in [0.5, 0.6) is 5.75 Å². The Bertz CT molecular complexity index is 1190. The Labute approximate surface area is 241 Å². The Balaban J connectivity index is 1.61. The Kier molecular flexibility index (Phi) is 9.10. The molecule has 1 amide bonds. The number of benzene rings is 3. The van der Waals surface area contributed by atoms with Crippen LogP contribution in [-0.4, -0.2) is 43.6 Å². The van der Waals surface area contributed by atoms with Crippen LogP contribution in [0.4, 0.5) is 0 Å². The maximum Gasteiger partial charge on any atom is 0.262 e. The lowest BCUT2D eigenvalue weighted by Gasteiger charge is -2.38. The number of halogens is 2. The standard InChI is InChI=1S/C31H36Cl2N4O2/c1-2-3-6-21-39-27-8-5-4-7-26(27)31(30(38)37-19-17-34-18-20-37)35-28(22-9-13-24(32)14-10-22)29(36-31)23-11-15-25(33)16-12-23/h4-5,7-16,28-29,34-36H,2-3,6,17-21H2,1H3. The number of nitrogens with zero attached hydrogens (tertiary/aromatic N) is 1. The zero-order valence-electron chi connectivity index (χ0n) is 22.3. The minimum Gasteiger partial charge on any atom is -0.493 e. The van der Waals surface area contributed by atoms with Crippen LogP contribution in [0.1, 0.15) is 55.0 Å². The summed E-state index contributed by atoms with van der Waals surface area (Å²) >= 11 is 12.5. The number of piperazine rings is 1. The fourth-order valence-corrected chi connectivity index (χ4v) is 5.75. The van der Waals surface area contributed by atoms with E-state index in [9.17, 15) is 4.79 Å². The van der Waals surface area contributed by atoms with Gasteiger partial charge in [-0.15, -0.1) is 0 Å². The highest BCUT2D eigenvalue weighted by molar-refractivity contribution is 6.30. The summed E-state index contributed by atoms with van der Waals surface area (Å²) in [6, 6.07) is 23.1. The monoisotopic (exact) mass is 566 g/mol. The van der Waals surface area contributed by atoms with E-state index in [1.807, 2.05) is 77.7 Å². The third-order valence-electron chi connectivity index (χ3n) is 7.56. The summed E-state index contributed by atoms with van der Waals surface area (Å²) in [5.74, 6) is 0.702. The molecule has 0 spiro atoms. The van der Waals surface area contributed by atoms with E-state index in [-0.39, 0.29) is 18.0 Å². The van der Waals surface area contributed by atoms with E-state index in [1.54, 1.807) is 0 Å². The van der Waals surface area contributed by atoms with Crippen molar-refractivity contribution in [3.8, 4) is 5.75 Å². The van der Waals surface area contributed by atoms with Crippen molar-refractivity contribution in [1.82, 2.24) is 20.9 Å². The molecule has 0 aliphatic carbocycles. The topological polar surface area (TPSA) is 65.6 Å². The second-order valence-electron chi connectivity index (χ2n) is 10.2. The molecule has 5 rings (SSSR count). The molecule has 3 aromatic rings. The quantitative estimate of drug-likeness (QED) is 0.285. The van der Waals surface area contributed by atoms with E-state index in [4.69, 9.17) is 27.9 Å². The molecule has 206 valence electrons. The minimum absolute atomic E-state index is 0.0102. The van der Waals surface area contributed by atoms with E-state index in [1.165, 1.54) is 0 Å². The zero-order valence-corrected chi connectivity index (χ0v) is 23.8. The first kappa shape index (κ1) is 27.9. The van der Waals surface area contributed by atoms with Crippen LogP contribution in [0, 0.1) is 0 Å². The summed E-state index contributed by atoms with van der Waals surface area (Å²) < 4.78 is 6.33. The molecule has 8 heteroatoms. The van der Waals surface area contributed by atoms with Gasteiger partial charge in [0.2, 0.25) is 0 Å². The fraction of sp³-hybridized carbons (Fsp3) is 0.387. The van der Waals surface area contributed by atoms with Crippen molar-refractivity contribution in [2.24, 2.45) is 0 Å². The first-order valence-electron chi connectivity index (χ1n) is 13.8. The molecule has 0 radical (unpaired) electrons. The summed E-state index contributed by atoms with van der Waals surface area (Å²) in [5.41, 5.74) is 1.65. The Morgan fingerprint density at radius 1 is 0.872 bits per heavy atom. The van der Waals surface area contributed by atoms with Gasteiger partial charge in [0.25, 0.3) is 5.91 Å². The van der Waals surface area contributed by atoms with E-state index in [2.05, 4.69) is 22.9 Å². The Hall–Kier alpha value is -2.61. The lowest BCUT2D eigenvalue weighted by molar-refractivity contribution is -0.140. The number of amides is 1. The van der Waals surface area contributed by atoms with Crippen molar-refractivity contribution in [1.29, 1.82) is 0 Å². The maximum absolute atomic E-state index is 14.6. The van der Waals surface area contributed by atoms with Crippen molar-refractivity contribution >= 4 is 29.1 Å². The highest BCUT2D eigenvalue weighted by Crippen LogP contribution is 2.44. The molecule has 6 nitrogen and oxygen atoms in total. The molecule has 0 saturated carbocycles. The normalized spacial score (nSPS) is 23.1. The Morgan fingerprint density at radius 3 is 2.00 bits per heavy atom. The van der Waals surface area contributed by atoms with Gasteiger partial charge in [0.15, 0.2) is 5.66 Å². The molecule has 2 aliphatic rings. The molecular weight excluding hydrogens is 531 g/mol. The van der Waals surface area contributed by atoms with Gasteiger partial charge in [-0.05, 0) is 47.9 Å². The first-order chi connectivity index (χ1) is 19.0. The molecule has 0 aromatic heterocycles. The molecule has 2 aliphatic heterocycles. The third-order valence-corrected chi connectivity index (χ3v) is 8.06. The molecule has 2 saturated heterocycles. The van der Waals surface area contributed by atoms with E-state index in [0.29, 0.717) is 35.5 Å². The number of hydrogen-bond acceptors (Lipinski definition) is 5. The van der Waals surface area contributed by atoms with Gasteiger partial charge < -0.3 is 15.0 Å². The highest BCUT2D eigenvalue weighted by Gasteiger charge is 2.54. The molecule has 2 fully saturated rings. The molecule has 3 N–H and O–H groups in total. The van der Waals surface area contributed by atoms with Crippen molar-refractivity contribution in [2.75, 3.05) is 32.8 Å². The number of unbranched alkanes of at least 4 members (excludes halogenated alkanes) is 2. The number of carbonyl (C=O) groups is 1. The van der Waals surface area contributed by atoms with Gasteiger partial charge in [-0.3, -0.25) is 15.4 Å². The molecule has 2 unspecified atom stereocenters. The second-order valence-corrected chi connectivity index (χ2v) is 11.1. The summed E-state index contributed by atoms with van der Waals surface area (Å²) in [4.78, 5) is 16.5. The third kappa shape index (κ3) is 6.11. The first-order valence-corrected chi connectivity index (χ1v) is 14.6. The maximum atomic E-state index is 14.6. The van der Waals surface area contributed by atoms with Crippen LogP contribution in [-0.2, 0) is 10.5 Å². The van der Waals surface area contributed by atoms with E-state index < -0.39 is 5.66 Å². The van der Waals surface area contributed by atoms with E-state index >= 15 is 0 Å². The smallest absolute Gasteiger partial charge is 0.262 e. The molecule has 2 atom stereocenters. The minimum atomic E-state index is -1.20. The van der Waals surface area contributed by atoms with Crippen molar-refractivity contribution in [3.63, 3.8) is 0 Å². The molecule has 39 heavy (non-hydrogen) atoms. The lowest BCUT2D eigenvalue weighted by Crippen LogP contribution is -2.61. The average Bonchev–Trinajstić information content (AvgIpc) is 3.38. The average molecular weight is 568 g/mol. The van der Waals surface area contributed by atoms with Crippen LogP contribution >= 0.6 is 23.2 Å². The van der Waals surface area contributed by atoms with Gasteiger partial charge in [-0.1, -0.05) is 85.4 Å². The molecular formula is C31H36Cl2N4O2. The van der Waals surface area contributed by atoms with Gasteiger partial charge in [0.1, 0.15) is 5.75 Å². The summed E-state index contributed by atoms with van der Waals surface area (Å²) in [6.45, 7) is 5.58. The van der Waals surface area contributed by atoms with Gasteiger partial charge in [-0.2, -0.15) is 0 Å². The Morgan fingerprint density at radius 2 is 1.44 bits per heavy atom. The zero-order chi connectivity index (χ0) is 27.2. The number of para-hydroxylation sites is 1. The van der Waals surface area contributed by atoms with Gasteiger partial charge in [-0.25, -0.2) is 0 Å². The van der Waals surface area contributed by atoms with Crippen LogP contribution in [0.3, 0.4) is 0 Å². The van der Waals surface area contributed by atoms with Crippen LogP contribution in [0.2, 0.25) is 10.0 Å². The predicted octanol–water partition coefficient (Wildman–Crippen LogP) is 5.82. The summed E-state index contributed by atoms with van der Waals surface area (Å²) in [7, 11) is 0. The van der Waals surface area contributed by atoms with Gasteiger partial charge in [0.05, 0.1) is 18.7 Å². The number of rotatable bonds is 9. The number of hydrogen-bond donors (Lipinski definition) is 3. The number of carbonyl (C=O) groups excluding carboxylic acids is 1. The van der Waals surface area contributed by atoms with Crippen molar-refractivity contribution < 1.29 is 9.53 Å². The SMILES string of the molecule is CCCCCOc1ccccc1C1(C(=O)N2CCNCC2)NC(c2ccc(Cl)cc2)C(c2ccc(Cl)cc2)N1. The van der Waals surface area contributed by atoms with Crippen molar-refractivity contribution in [3.05, 3.63) is 99.5 Å². The summed E-state index contributed by atoms with van der Waals surface area (Å²) in [5, 5.41) is 12.3. The molecule has 0 bridgehead atoms. The second kappa shape index (κ2) is 12.7. The number of ether oxygens (including phenoxy) is 1. The molecule has 3 aromatic carbocycles. The largest absolute Gasteiger partial charge is 0.493 e. The van der Waals surface area contributed by atoms with Crippen LogP contribution < -0.4 is 20.7 Å².